The van der Waals surface area contributed by atoms with Gasteiger partial charge >= 0.3 is 5.97 Å². The van der Waals surface area contributed by atoms with Gasteiger partial charge in [0.05, 0.1) is 16.5 Å². The van der Waals surface area contributed by atoms with E-state index in [9.17, 15) is 9.59 Å². The number of aromatic nitrogens is 2. The van der Waals surface area contributed by atoms with Gasteiger partial charge in [-0.3, -0.25) is 4.79 Å². The van der Waals surface area contributed by atoms with Crippen molar-refractivity contribution in [3.05, 3.63) is 75.3 Å². The summed E-state index contributed by atoms with van der Waals surface area (Å²) in [6.07, 6.45) is 0. The number of carbonyl (C=O) groups is 1. The molecule has 3 rings (SSSR count). The summed E-state index contributed by atoms with van der Waals surface area (Å²) in [5, 5.41) is 0.511. The standard InChI is InChI=1S/C18H16N2O3/c1-11-6-5-8-13(12(11)2)18(22)23-10-16-19-15-9-4-3-7-14(15)17(21)20-16/h3-9H,10H2,1-2H3,(H,19,20,21). The van der Waals surface area contributed by atoms with Gasteiger partial charge in [0.2, 0.25) is 0 Å². The van der Waals surface area contributed by atoms with Crippen LogP contribution in [0.1, 0.15) is 27.3 Å². The van der Waals surface area contributed by atoms with Gasteiger partial charge in [-0.25, -0.2) is 9.78 Å². The number of rotatable bonds is 3. The predicted octanol–water partition coefficient (Wildman–Crippen LogP) is 2.90. The largest absolute Gasteiger partial charge is 0.454 e. The van der Waals surface area contributed by atoms with Crippen LogP contribution in [0.4, 0.5) is 0 Å². The summed E-state index contributed by atoms with van der Waals surface area (Å²) in [6.45, 7) is 3.74. The van der Waals surface area contributed by atoms with Crippen molar-refractivity contribution in [1.82, 2.24) is 9.97 Å². The highest BCUT2D eigenvalue weighted by atomic mass is 16.5. The zero-order valence-corrected chi connectivity index (χ0v) is 12.9. The molecule has 2 aromatic carbocycles. The van der Waals surface area contributed by atoms with Gasteiger partial charge in [0, 0.05) is 0 Å². The first-order chi connectivity index (χ1) is 11.1. The van der Waals surface area contributed by atoms with Gasteiger partial charge in [-0.05, 0) is 43.2 Å². The molecule has 5 heteroatoms. The highest BCUT2D eigenvalue weighted by Gasteiger charge is 2.12. The fraction of sp³-hybridized carbons (Fsp3) is 0.167. The van der Waals surface area contributed by atoms with Crippen LogP contribution in [-0.4, -0.2) is 15.9 Å². The third kappa shape index (κ3) is 2.99. The fourth-order valence-electron chi connectivity index (χ4n) is 2.39. The Morgan fingerprint density at radius 2 is 1.91 bits per heavy atom. The van der Waals surface area contributed by atoms with Crippen LogP contribution in [0.25, 0.3) is 10.9 Å². The molecule has 1 heterocycles. The van der Waals surface area contributed by atoms with Crippen LogP contribution < -0.4 is 5.56 Å². The summed E-state index contributed by atoms with van der Waals surface area (Å²) < 4.78 is 5.28. The summed E-state index contributed by atoms with van der Waals surface area (Å²) in [5.41, 5.74) is 2.77. The lowest BCUT2D eigenvalue weighted by Crippen LogP contribution is -2.15. The number of fused-ring (bicyclic) bond motifs is 1. The summed E-state index contributed by atoms with van der Waals surface area (Å²) >= 11 is 0. The van der Waals surface area contributed by atoms with Gasteiger partial charge in [0.1, 0.15) is 12.4 Å². The van der Waals surface area contributed by atoms with E-state index in [1.54, 1.807) is 30.3 Å². The van der Waals surface area contributed by atoms with Crippen LogP contribution in [0.3, 0.4) is 0 Å². The van der Waals surface area contributed by atoms with E-state index in [1.165, 1.54) is 0 Å². The number of carbonyl (C=O) groups excluding carboxylic acids is 1. The van der Waals surface area contributed by atoms with Crippen LogP contribution in [0.15, 0.2) is 47.3 Å². The van der Waals surface area contributed by atoms with Crippen molar-refractivity contribution in [2.45, 2.75) is 20.5 Å². The van der Waals surface area contributed by atoms with E-state index in [0.717, 1.165) is 11.1 Å². The first-order valence-electron chi connectivity index (χ1n) is 7.27. The van der Waals surface area contributed by atoms with Crippen LogP contribution in [0.2, 0.25) is 0 Å². The quantitative estimate of drug-likeness (QED) is 0.755. The molecular formula is C18H16N2O3. The lowest BCUT2D eigenvalue weighted by molar-refractivity contribution is 0.0461. The molecule has 3 aromatic rings. The van der Waals surface area contributed by atoms with Crippen molar-refractivity contribution >= 4 is 16.9 Å². The molecule has 0 unspecified atom stereocenters. The molecule has 0 spiro atoms. The van der Waals surface area contributed by atoms with Crippen molar-refractivity contribution < 1.29 is 9.53 Å². The molecule has 0 aliphatic carbocycles. The molecule has 1 aromatic heterocycles. The minimum atomic E-state index is -0.429. The molecule has 0 atom stereocenters. The zero-order chi connectivity index (χ0) is 16.4. The molecule has 0 amide bonds. The highest BCUT2D eigenvalue weighted by Crippen LogP contribution is 2.14. The maximum absolute atomic E-state index is 12.2. The molecule has 0 bridgehead atoms. The number of nitrogens with zero attached hydrogens (tertiary/aromatic N) is 1. The lowest BCUT2D eigenvalue weighted by Gasteiger charge is -2.09. The first kappa shape index (κ1) is 15.0. The van der Waals surface area contributed by atoms with Crippen LogP contribution in [-0.2, 0) is 11.3 Å². The summed E-state index contributed by atoms with van der Waals surface area (Å²) in [6, 6.07) is 12.5. The smallest absolute Gasteiger partial charge is 0.338 e. The number of ether oxygens (including phenoxy) is 1. The van der Waals surface area contributed by atoms with Crippen LogP contribution in [0.5, 0.6) is 0 Å². The van der Waals surface area contributed by atoms with Gasteiger partial charge in [-0.1, -0.05) is 24.3 Å². The van der Waals surface area contributed by atoms with E-state index >= 15 is 0 Å². The summed E-state index contributed by atoms with van der Waals surface area (Å²) in [5.74, 6) is -0.102. The molecule has 23 heavy (non-hydrogen) atoms. The van der Waals surface area contributed by atoms with Crippen molar-refractivity contribution in [3.8, 4) is 0 Å². The fourth-order valence-corrected chi connectivity index (χ4v) is 2.39. The maximum Gasteiger partial charge on any atom is 0.338 e. The number of aromatic amines is 1. The zero-order valence-electron chi connectivity index (χ0n) is 12.9. The summed E-state index contributed by atoms with van der Waals surface area (Å²) in [7, 11) is 0. The highest BCUT2D eigenvalue weighted by molar-refractivity contribution is 5.91. The first-order valence-corrected chi connectivity index (χ1v) is 7.27. The van der Waals surface area contributed by atoms with Crippen molar-refractivity contribution in [1.29, 1.82) is 0 Å². The van der Waals surface area contributed by atoms with Gasteiger partial charge < -0.3 is 9.72 Å². The monoisotopic (exact) mass is 308 g/mol. The summed E-state index contributed by atoms with van der Waals surface area (Å²) in [4.78, 5) is 31.1. The van der Waals surface area contributed by atoms with Gasteiger partial charge in [-0.2, -0.15) is 0 Å². The van der Waals surface area contributed by atoms with E-state index in [4.69, 9.17) is 4.74 Å². The number of aryl methyl sites for hydroxylation is 1. The SMILES string of the molecule is Cc1cccc(C(=O)OCc2nc3ccccc3c(=O)[nH]2)c1C. The van der Waals surface area contributed by atoms with Gasteiger partial charge in [0.15, 0.2) is 0 Å². The molecular weight excluding hydrogens is 292 g/mol. The number of hydrogen-bond donors (Lipinski definition) is 1. The number of benzene rings is 2. The Hall–Kier alpha value is -2.95. The number of esters is 1. The molecule has 5 nitrogen and oxygen atoms in total. The van der Waals surface area contributed by atoms with E-state index in [-0.39, 0.29) is 12.2 Å². The minimum absolute atomic E-state index is 0.0771. The molecule has 0 aliphatic rings. The number of H-pyrrole nitrogens is 1. The predicted molar refractivity (Wildman–Crippen MR) is 87.4 cm³/mol. The molecule has 0 aliphatic heterocycles. The average molecular weight is 308 g/mol. The average Bonchev–Trinajstić information content (AvgIpc) is 2.55. The van der Waals surface area contributed by atoms with Crippen LogP contribution in [0, 0.1) is 13.8 Å². The Bertz CT molecular complexity index is 944. The second-order valence-corrected chi connectivity index (χ2v) is 5.35. The Labute approximate surface area is 133 Å². The Morgan fingerprint density at radius 1 is 1.13 bits per heavy atom. The second kappa shape index (κ2) is 6.04. The minimum Gasteiger partial charge on any atom is -0.454 e. The maximum atomic E-state index is 12.2. The van der Waals surface area contributed by atoms with E-state index in [0.29, 0.717) is 22.3 Å². The topological polar surface area (TPSA) is 72.0 Å². The molecule has 0 radical (unpaired) electrons. The van der Waals surface area contributed by atoms with Gasteiger partial charge in [0.25, 0.3) is 5.56 Å². The lowest BCUT2D eigenvalue weighted by atomic mass is 10.0. The van der Waals surface area contributed by atoms with Gasteiger partial charge in [-0.15, -0.1) is 0 Å². The molecule has 0 saturated carbocycles. The third-order valence-corrected chi connectivity index (χ3v) is 3.83. The van der Waals surface area contributed by atoms with Crippen molar-refractivity contribution in [2.24, 2.45) is 0 Å². The van der Waals surface area contributed by atoms with Crippen molar-refractivity contribution in [2.75, 3.05) is 0 Å². The van der Waals surface area contributed by atoms with Crippen LogP contribution >= 0.6 is 0 Å². The Morgan fingerprint density at radius 3 is 2.74 bits per heavy atom. The second-order valence-electron chi connectivity index (χ2n) is 5.35. The molecule has 0 fully saturated rings. The number of hydrogen-bond acceptors (Lipinski definition) is 4. The molecule has 116 valence electrons. The number of nitrogens with one attached hydrogen (secondary N) is 1. The molecule has 1 N–H and O–H groups in total. The van der Waals surface area contributed by atoms with E-state index < -0.39 is 5.97 Å². The third-order valence-electron chi connectivity index (χ3n) is 3.83. The number of para-hydroxylation sites is 1. The Kier molecular flexibility index (Phi) is 3.93. The molecule has 0 saturated heterocycles. The van der Waals surface area contributed by atoms with Crippen molar-refractivity contribution in [3.63, 3.8) is 0 Å². The normalized spacial score (nSPS) is 10.7. The van der Waals surface area contributed by atoms with E-state index in [1.807, 2.05) is 26.0 Å². The van der Waals surface area contributed by atoms with E-state index in [2.05, 4.69) is 9.97 Å². The Balaban J connectivity index is 1.82.